The van der Waals surface area contributed by atoms with Crippen molar-refractivity contribution in [2.24, 2.45) is 0 Å². The van der Waals surface area contributed by atoms with E-state index in [1.807, 2.05) is 6.92 Å². The molecule has 0 aliphatic carbocycles. The van der Waals surface area contributed by atoms with E-state index in [1.165, 1.54) is 25.3 Å². The van der Waals surface area contributed by atoms with Crippen LogP contribution in [0.1, 0.15) is 11.1 Å². The minimum atomic E-state index is -3.82. The normalized spacial score (nSPS) is 13.3. The molecule has 0 radical (unpaired) electrons. The highest BCUT2D eigenvalue weighted by molar-refractivity contribution is 7.89. The molecule has 31 heavy (non-hydrogen) atoms. The van der Waals surface area contributed by atoms with Crippen LogP contribution in [-0.2, 0) is 19.6 Å². The van der Waals surface area contributed by atoms with E-state index < -0.39 is 28.4 Å². The van der Waals surface area contributed by atoms with Gasteiger partial charge in [0.2, 0.25) is 10.0 Å². The zero-order valence-corrected chi connectivity index (χ0v) is 17.9. The van der Waals surface area contributed by atoms with Crippen LogP contribution in [0.2, 0.25) is 0 Å². The van der Waals surface area contributed by atoms with Crippen LogP contribution in [0.4, 0.5) is 0 Å². The van der Waals surface area contributed by atoms with Gasteiger partial charge in [-0.3, -0.25) is 20.4 Å². The Kier molecular flexibility index (Phi) is 6.93. The second kappa shape index (κ2) is 9.63. The zero-order valence-electron chi connectivity index (χ0n) is 17.1. The molecule has 0 unspecified atom stereocenters. The molecule has 0 saturated heterocycles. The van der Waals surface area contributed by atoms with Gasteiger partial charge in [-0.2, -0.15) is 4.31 Å². The summed E-state index contributed by atoms with van der Waals surface area (Å²) in [6.45, 7) is 2.34. The average Bonchev–Trinajstić information content (AvgIpc) is 2.76. The SMILES string of the molecule is Cc1ccc(S(=O)(=O)N(C)CC(=O)NNC(=O)/C=C/c2ccc3c(c2)OCCO3)cc1. The molecule has 0 atom stereocenters. The van der Waals surface area contributed by atoms with Gasteiger partial charge in [-0.05, 0) is 42.8 Å². The summed E-state index contributed by atoms with van der Waals surface area (Å²) in [5.41, 5.74) is 6.05. The predicted molar refractivity (Wildman–Crippen MR) is 114 cm³/mol. The van der Waals surface area contributed by atoms with Crippen molar-refractivity contribution in [1.82, 2.24) is 15.2 Å². The number of nitrogens with one attached hydrogen (secondary N) is 2. The molecule has 1 aliphatic heterocycles. The summed E-state index contributed by atoms with van der Waals surface area (Å²) in [4.78, 5) is 24.1. The number of hydrogen-bond donors (Lipinski definition) is 2. The first-order chi connectivity index (χ1) is 14.8. The number of likely N-dealkylation sites (N-methyl/N-ethyl adjacent to an activating group) is 1. The molecule has 1 aliphatic rings. The molecule has 164 valence electrons. The van der Waals surface area contributed by atoms with Gasteiger partial charge in [-0.15, -0.1) is 0 Å². The zero-order chi connectivity index (χ0) is 22.4. The van der Waals surface area contributed by atoms with Crippen molar-refractivity contribution in [1.29, 1.82) is 0 Å². The van der Waals surface area contributed by atoms with Gasteiger partial charge >= 0.3 is 0 Å². The molecular weight excluding hydrogens is 422 g/mol. The maximum Gasteiger partial charge on any atom is 0.262 e. The third-order valence-electron chi connectivity index (χ3n) is 4.41. The first-order valence-corrected chi connectivity index (χ1v) is 10.9. The molecule has 2 amide bonds. The van der Waals surface area contributed by atoms with Crippen molar-refractivity contribution < 1.29 is 27.5 Å². The Morgan fingerprint density at radius 2 is 1.71 bits per heavy atom. The third-order valence-corrected chi connectivity index (χ3v) is 6.23. The van der Waals surface area contributed by atoms with E-state index >= 15 is 0 Å². The number of benzene rings is 2. The lowest BCUT2D eigenvalue weighted by molar-refractivity contribution is -0.126. The van der Waals surface area contributed by atoms with Gasteiger partial charge in [0.05, 0.1) is 11.4 Å². The Balaban J connectivity index is 1.50. The van der Waals surface area contributed by atoms with Gasteiger partial charge in [0.15, 0.2) is 11.5 Å². The number of hydrazine groups is 1. The van der Waals surface area contributed by atoms with E-state index in [1.54, 1.807) is 36.4 Å². The van der Waals surface area contributed by atoms with E-state index in [4.69, 9.17) is 9.47 Å². The number of aryl methyl sites for hydroxylation is 1. The van der Waals surface area contributed by atoms with Crippen LogP contribution in [0.5, 0.6) is 11.5 Å². The van der Waals surface area contributed by atoms with Crippen LogP contribution in [0.25, 0.3) is 6.08 Å². The Labute approximate surface area is 180 Å². The fourth-order valence-corrected chi connectivity index (χ4v) is 3.85. The average molecular weight is 445 g/mol. The monoisotopic (exact) mass is 445 g/mol. The number of nitrogens with zero attached hydrogens (tertiary/aromatic N) is 1. The minimum absolute atomic E-state index is 0.0831. The van der Waals surface area contributed by atoms with Crippen molar-refractivity contribution in [3.05, 3.63) is 59.7 Å². The van der Waals surface area contributed by atoms with Crippen LogP contribution in [0, 0.1) is 6.92 Å². The highest BCUT2D eigenvalue weighted by atomic mass is 32.2. The highest BCUT2D eigenvalue weighted by Gasteiger charge is 2.22. The molecular formula is C21H23N3O6S. The van der Waals surface area contributed by atoms with Crippen LogP contribution < -0.4 is 20.3 Å². The molecule has 2 aromatic rings. The largest absolute Gasteiger partial charge is 0.486 e. The van der Waals surface area contributed by atoms with Crippen LogP contribution in [-0.4, -0.2) is 51.3 Å². The fraction of sp³-hybridized carbons (Fsp3) is 0.238. The van der Waals surface area contributed by atoms with E-state index in [0.29, 0.717) is 24.7 Å². The summed E-state index contributed by atoms with van der Waals surface area (Å²) in [5, 5.41) is 0. The Bertz CT molecular complexity index is 1100. The number of rotatable bonds is 6. The fourth-order valence-electron chi connectivity index (χ4n) is 2.73. The maximum atomic E-state index is 12.5. The van der Waals surface area contributed by atoms with Crippen LogP contribution in [0.3, 0.4) is 0 Å². The van der Waals surface area contributed by atoms with E-state index in [0.717, 1.165) is 15.4 Å². The molecule has 2 N–H and O–H groups in total. The van der Waals surface area contributed by atoms with E-state index in [9.17, 15) is 18.0 Å². The molecule has 0 spiro atoms. The molecule has 2 aromatic carbocycles. The molecule has 3 rings (SSSR count). The lowest BCUT2D eigenvalue weighted by atomic mass is 10.2. The summed E-state index contributed by atoms with van der Waals surface area (Å²) in [7, 11) is -2.53. The lowest BCUT2D eigenvalue weighted by Crippen LogP contribution is -2.46. The van der Waals surface area contributed by atoms with Crippen LogP contribution >= 0.6 is 0 Å². The van der Waals surface area contributed by atoms with E-state index in [2.05, 4.69) is 10.9 Å². The Hall–Kier alpha value is -3.37. The highest BCUT2D eigenvalue weighted by Crippen LogP contribution is 2.31. The predicted octanol–water partition coefficient (Wildman–Crippen LogP) is 1.25. The molecule has 0 bridgehead atoms. The molecule has 10 heteroatoms. The van der Waals surface area contributed by atoms with Gasteiger partial charge in [0.25, 0.3) is 11.8 Å². The third kappa shape index (κ3) is 5.83. The van der Waals surface area contributed by atoms with Crippen molar-refractivity contribution in [3.8, 4) is 11.5 Å². The standard InChI is InChI=1S/C21H23N3O6S/c1-15-3-7-17(8-4-15)31(27,28)24(2)14-21(26)23-22-20(25)10-6-16-5-9-18-19(13-16)30-12-11-29-18/h3-10,13H,11-12,14H2,1-2H3,(H,22,25)(H,23,26)/b10-6+. The van der Waals surface area contributed by atoms with Crippen molar-refractivity contribution in [3.63, 3.8) is 0 Å². The summed E-state index contributed by atoms with van der Waals surface area (Å²) in [6.07, 6.45) is 2.78. The summed E-state index contributed by atoms with van der Waals surface area (Å²) >= 11 is 0. The molecule has 0 aromatic heterocycles. The second-order valence-electron chi connectivity index (χ2n) is 6.85. The number of hydrogen-bond acceptors (Lipinski definition) is 6. The van der Waals surface area contributed by atoms with Crippen molar-refractivity contribution >= 4 is 27.9 Å². The number of carbonyl (C=O) groups excluding carboxylic acids is 2. The number of fused-ring (bicyclic) bond motifs is 1. The van der Waals surface area contributed by atoms with Crippen molar-refractivity contribution in [2.45, 2.75) is 11.8 Å². The minimum Gasteiger partial charge on any atom is -0.486 e. The summed E-state index contributed by atoms with van der Waals surface area (Å²) in [6, 6.07) is 11.6. The van der Waals surface area contributed by atoms with E-state index in [-0.39, 0.29) is 4.90 Å². The van der Waals surface area contributed by atoms with Gasteiger partial charge in [-0.1, -0.05) is 23.8 Å². The number of ether oxygens (including phenoxy) is 2. The van der Waals surface area contributed by atoms with Crippen molar-refractivity contribution in [2.75, 3.05) is 26.8 Å². The second-order valence-corrected chi connectivity index (χ2v) is 8.89. The maximum absolute atomic E-state index is 12.5. The first kappa shape index (κ1) is 22.3. The number of sulfonamides is 1. The molecule has 1 heterocycles. The van der Waals surface area contributed by atoms with Gasteiger partial charge < -0.3 is 9.47 Å². The smallest absolute Gasteiger partial charge is 0.262 e. The summed E-state index contributed by atoms with van der Waals surface area (Å²) in [5.74, 6) is -0.0173. The van der Waals surface area contributed by atoms with Gasteiger partial charge in [0.1, 0.15) is 13.2 Å². The summed E-state index contributed by atoms with van der Waals surface area (Å²) < 4.78 is 36.8. The quantitative estimate of drug-likeness (QED) is 0.511. The lowest BCUT2D eigenvalue weighted by Gasteiger charge is -2.18. The molecule has 0 saturated carbocycles. The Morgan fingerprint density at radius 3 is 2.42 bits per heavy atom. The van der Waals surface area contributed by atoms with Gasteiger partial charge in [0, 0.05) is 13.1 Å². The molecule has 0 fully saturated rings. The topological polar surface area (TPSA) is 114 Å². The Morgan fingerprint density at radius 1 is 1.03 bits per heavy atom. The first-order valence-electron chi connectivity index (χ1n) is 9.45. The molecule has 9 nitrogen and oxygen atoms in total. The number of amides is 2. The van der Waals surface area contributed by atoms with Crippen LogP contribution in [0.15, 0.2) is 53.4 Å². The van der Waals surface area contributed by atoms with Gasteiger partial charge in [-0.25, -0.2) is 8.42 Å². The number of carbonyl (C=O) groups is 2.